The highest BCUT2D eigenvalue weighted by atomic mass is 19.1. The van der Waals surface area contributed by atoms with Crippen molar-refractivity contribution in [3.63, 3.8) is 0 Å². The molecule has 0 bridgehead atoms. The van der Waals surface area contributed by atoms with Gasteiger partial charge in [0.05, 0.1) is 24.8 Å². The van der Waals surface area contributed by atoms with Crippen molar-refractivity contribution in [1.82, 2.24) is 9.97 Å². The Balaban J connectivity index is 1.67. The molecule has 1 saturated heterocycles. The van der Waals surface area contributed by atoms with Crippen molar-refractivity contribution in [3.05, 3.63) is 30.3 Å². The molecule has 0 radical (unpaired) electrons. The van der Waals surface area contributed by atoms with Gasteiger partial charge in [-0.05, 0) is 31.5 Å². The van der Waals surface area contributed by atoms with E-state index in [-0.39, 0.29) is 18.0 Å². The SMILES string of the molecule is CC(COC1CCOC1)Nc1ncnc2ccc(F)cc12. The molecule has 0 spiro atoms. The van der Waals surface area contributed by atoms with E-state index < -0.39 is 0 Å². The number of hydrogen-bond acceptors (Lipinski definition) is 5. The Morgan fingerprint density at radius 3 is 3.19 bits per heavy atom. The first-order valence-electron chi connectivity index (χ1n) is 7.08. The highest BCUT2D eigenvalue weighted by Gasteiger charge is 2.17. The number of ether oxygens (including phenoxy) is 2. The van der Waals surface area contributed by atoms with Gasteiger partial charge in [0.2, 0.25) is 0 Å². The number of nitrogens with one attached hydrogen (secondary N) is 1. The second kappa shape index (κ2) is 6.32. The van der Waals surface area contributed by atoms with Crippen LogP contribution in [0.1, 0.15) is 13.3 Å². The molecule has 1 aliphatic rings. The molecule has 6 heteroatoms. The maximum absolute atomic E-state index is 13.4. The topological polar surface area (TPSA) is 56.3 Å². The number of aromatic nitrogens is 2. The Morgan fingerprint density at radius 2 is 2.38 bits per heavy atom. The fourth-order valence-electron chi connectivity index (χ4n) is 2.34. The summed E-state index contributed by atoms with van der Waals surface area (Å²) < 4.78 is 24.4. The lowest BCUT2D eigenvalue weighted by atomic mass is 10.2. The molecule has 21 heavy (non-hydrogen) atoms. The average molecular weight is 291 g/mol. The lowest BCUT2D eigenvalue weighted by molar-refractivity contribution is 0.0395. The zero-order chi connectivity index (χ0) is 14.7. The molecule has 2 atom stereocenters. The second-order valence-corrected chi connectivity index (χ2v) is 5.25. The molecule has 1 fully saturated rings. The van der Waals surface area contributed by atoms with Crippen LogP contribution in [0.3, 0.4) is 0 Å². The van der Waals surface area contributed by atoms with Crippen LogP contribution in [0.15, 0.2) is 24.5 Å². The first-order chi connectivity index (χ1) is 10.2. The molecule has 2 heterocycles. The van der Waals surface area contributed by atoms with Crippen LogP contribution in [0, 0.1) is 5.82 Å². The number of nitrogens with zero attached hydrogens (tertiary/aromatic N) is 2. The fourth-order valence-corrected chi connectivity index (χ4v) is 2.34. The predicted molar refractivity (Wildman–Crippen MR) is 77.8 cm³/mol. The maximum atomic E-state index is 13.4. The molecule has 1 aliphatic heterocycles. The molecule has 1 aromatic carbocycles. The van der Waals surface area contributed by atoms with Crippen LogP contribution in [-0.4, -0.2) is 41.9 Å². The van der Waals surface area contributed by atoms with Crippen molar-refractivity contribution < 1.29 is 13.9 Å². The summed E-state index contributed by atoms with van der Waals surface area (Å²) in [5.74, 6) is 0.325. The van der Waals surface area contributed by atoms with Crippen LogP contribution >= 0.6 is 0 Å². The highest BCUT2D eigenvalue weighted by Crippen LogP contribution is 2.21. The lowest BCUT2D eigenvalue weighted by Gasteiger charge is -2.18. The monoisotopic (exact) mass is 291 g/mol. The van der Waals surface area contributed by atoms with E-state index in [0.29, 0.717) is 29.9 Å². The van der Waals surface area contributed by atoms with Gasteiger partial charge in [0.1, 0.15) is 18.0 Å². The molecule has 3 rings (SSSR count). The largest absolute Gasteiger partial charge is 0.379 e. The molecule has 0 amide bonds. The molecular formula is C15H18FN3O2. The number of benzene rings is 1. The molecule has 0 aliphatic carbocycles. The van der Waals surface area contributed by atoms with Gasteiger partial charge >= 0.3 is 0 Å². The minimum Gasteiger partial charge on any atom is -0.379 e. The van der Waals surface area contributed by atoms with Gasteiger partial charge in [-0.15, -0.1) is 0 Å². The number of halogens is 1. The van der Waals surface area contributed by atoms with Gasteiger partial charge in [0, 0.05) is 18.0 Å². The molecule has 1 aromatic heterocycles. The molecule has 1 N–H and O–H groups in total. The van der Waals surface area contributed by atoms with Gasteiger partial charge in [0.25, 0.3) is 0 Å². The molecule has 112 valence electrons. The number of anilines is 1. The van der Waals surface area contributed by atoms with Crippen molar-refractivity contribution in [2.45, 2.75) is 25.5 Å². The van der Waals surface area contributed by atoms with E-state index in [4.69, 9.17) is 9.47 Å². The van der Waals surface area contributed by atoms with Crippen molar-refractivity contribution in [2.75, 3.05) is 25.1 Å². The average Bonchev–Trinajstić information content (AvgIpc) is 2.99. The number of rotatable bonds is 5. The van der Waals surface area contributed by atoms with Gasteiger partial charge in [-0.3, -0.25) is 0 Å². The zero-order valence-corrected chi connectivity index (χ0v) is 11.9. The summed E-state index contributed by atoms with van der Waals surface area (Å²) in [4.78, 5) is 8.33. The summed E-state index contributed by atoms with van der Waals surface area (Å²) in [6.07, 6.45) is 2.59. The standard InChI is InChI=1S/C15H18FN3O2/c1-10(7-21-12-4-5-20-8-12)19-15-13-6-11(16)2-3-14(13)17-9-18-15/h2-3,6,9-10,12H,4-5,7-8H2,1H3,(H,17,18,19). The van der Waals surface area contributed by atoms with Crippen molar-refractivity contribution in [2.24, 2.45) is 0 Å². The normalized spacial score (nSPS) is 19.8. The van der Waals surface area contributed by atoms with Gasteiger partial charge in [0.15, 0.2) is 0 Å². The molecule has 5 nitrogen and oxygen atoms in total. The predicted octanol–water partition coefficient (Wildman–Crippen LogP) is 2.37. The Hall–Kier alpha value is -1.79. The van der Waals surface area contributed by atoms with E-state index in [1.54, 1.807) is 6.07 Å². The quantitative estimate of drug-likeness (QED) is 0.916. The van der Waals surface area contributed by atoms with Crippen molar-refractivity contribution in [1.29, 1.82) is 0 Å². The van der Waals surface area contributed by atoms with E-state index in [9.17, 15) is 4.39 Å². The summed E-state index contributed by atoms with van der Waals surface area (Å²) in [6, 6.07) is 4.54. The minimum absolute atomic E-state index is 0.0620. The summed E-state index contributed by atoms with van der Waals surface area (Å²) in [7, 11) is 0. The second-order valence-electron chi connectivity index (χ2n) is 5.25. The summed E-state index contributed by atoms with van der Waals surface area (Å²) in [5, 5.41) is 3.93. The minimum atomic E-state index is -0.299. The first kappa shape index (κ1) is 14.2. The van der Waals surface area contributed by atoms with E-state index in [1.807, 2.05) is 6.92 Å². The first-order valence-corrected chi connectivity index (χ1v) is 7.08. The summed E-state index contributed by atoms with van der Waals surface area (Å²) in [6.45, 7) is 3.98. The third-order valence-corrected chi connectivity index (χ3v) is 3.45. The fraction of sp³-hybridized carbons (Fsp3) is 0.467. The van der Waals surface area contributed by atoms with Gasteiger partial charge in [-0.25, -0.2) is 14.4 Å². The van der Waals surface area contributed by atoms with Crippen LogP contribution < -0.4 is 5.32 Å². The van der Waals surface area contributed by atoms with E-state index in [1.165, 1.54) is 18.5 Å². The Kier molecular flexibility index (Phi) is 4.26. The van der Waals surface area contributed by atoms with Gasteiger partial charge in [-0.2, -0.15) is 0 Å². The Bertz CT molecular complexity index is 617. The van der Waals surface area contributed by atoms with Gasteiger partial charge in [-0.1, -0.05) is 0 Å². The van der Waals surface area contributed by atoms with E-state index in [0.717, 1.165) is 13.0 Å². The van der Waals surface area contributed by atoms with Crippen LogP contribution in [0.4, 0.5) is 10.2 Å². The van der Waals surface area contributed by atoms with Crippen LogP contribution in [-0.2, 0) is 9.47 Å². The third-order valence-electron chi connectivity index (χ3n) is 3.45. The zero-order valence-electron chi connectivity index (χ0n) is 11.9. The number of hydrogen-bond donors (Lipinski definition) is 1. The van der Waals surface area contributed by atoms with Gasteiger partial charge < -0.3 is 14.8 Å². The lowest BCUT2D eigenvalue weighted by Crippen LogP contribution is -2.26. The smallest absolute Gasteiger partial charge is 0.137 e. The molecule has 2 aromatic rings. The highest BCUT2D eigenvalue weighted by molar-refractivity contribution is 5.88. The maximum Gasteiger partial charge on any atom is 0.137 e. The number of fused-ring (bicyclic) bond motifs is 1. The van der Waals surface area contributed by atoms with Crippen LogP contribution in [0.5, 0.6) is 0 Å². The third kappa shape index (κ3) is 3.46. The summed E-state index contributed by atoms with van der Waals surface area (Å²) >= 11 is 0. The Labute approximate surface area is 122 Å². The molecule has 2 unspecified atom stereocenters. The van der Waals surface area contributed by atoms with Crippen LogP contribution in [0.2, 0.25) is 0 Å². The molecule has 0 saturated carbocycles. The van der Waals surface area contributed by atoms with Crippen molar-refractivity contribution >= 4 is 16.7 Å². The van der Waals surface area contributed by atoms with Crippen LogP contribution in [0.25, 0.3) is 10.9 Å². The van der Waals surface area contributed by atoms with E-state index >= 15 is 0 Å². The van der Waals surface area contributed by atoms with E-state index in [2.05, 4.69) is 15.3 Å². The Morgan fingerprint density at radius 1 is 1.48 bits per heavy atom. The molecular weight excluding hydrogens is 273 g/mol. The van der Waals surface area contributed by atoms with Crippen molar-refractivity contribution in [3.8, 4) is 0 Å². The summed E-state index contributed by atoms with van der Waals surface area (Å²) in [5.41, 5.74) is 0.714.